The third-order valence-electron chi connectivity index (χ3n) is 2.16. The highest BCUT2D eigenvalue weighted by Gasteiger charge is 2.16. The van der Waals surface area contributed by atoms with Gasteiger partial charge in [0.25, 0.3) is 0 Å². The smallest absolute Gasteiger partial charge is 0.340 e. The third kappa shape index (κ3) is 4.74. The Hall–Kier alpha value is -1.19. The highest BCUT2D eigenvalue weighted by molar-refractivity contribution is 5.75. The third-order valence-corrected chi connectivity index (χ3v) is 2.16. The van der Waals surface area contributed by atoms with E-state index in [-0.39, 0.29) is 12.1 Å². The molecule has 1 amide bonds. The van der Waals surface area contributed by atoms with E-state index >= 15 is 0 Å². The molecule has 1 aliphatic rings. The molecule has 5 heteroatoms. The maximum absolute atomic E-state index is 11.2. The topological polar surface area (TPSA) is 57.7 Å². The lowest BCUT2D eigenvalue weighted by Gasteiger charge is -2.32. The van der Waals surface area contributed by atoms with E-state index in [0.717, 1.165) is 26.2 Å². The van der Waals surface area contributed by atoms with Crippen LogP contribution in [0.1, 0.15) is 13.3 Å². The SMILES string of the molecule is CCC(=O)N1CCN(C)CC1.O=C=O. The number of rotatable bonds is 1. The van der Waals surface area contributed by atoms with Crippen molar-refractivity contribution in [2.45, 2.75) is 13.3 Å². The van der Waals surface area contributed by atoms with Crippen LogP contribution in [0.5, 0.6) is 0 Å². The molecule has 1 fully saturated rings. The van der Waals surface area contributed by atoms with Gasteiger partial charge in [-0.2, -0.15) is 9.59 Å². The van der Waals surface area contributed by atoms with Crippen molar-refractivity contribution < 1.29 is 14.4 Å². The van der Waals surface area contributed by atoms with Gasteiger partial charge < -0.3 is 9.80 Å². The summed E-state index contributed by atoms with van der Waals surface area (Å²) in [5.74, 6) is 0.290. The second-order valence-electron chi connectivity index (χ2n) is 3.12. The molecular weight excluding hydrogens is 184 g/mol. The summed E-state index contributed by atoms with van der Waals surface area (Å²) in [6.07, 6.45) is 0.893. The van der Waals surface area contributed by atoms with E-state index in [1.807, 2.05) is 11.8 Å². The molecule has 0 aromatic carbocycles. The number of amides is 1. The van der Waals surface area contributed by atoms with Gasteiger partial charge in [-0.25, -0.2) is 0 Å². The van der Waals surface area contributed by atoms with Crippen LogP contribution < -0.4 is 0 Å². The first-order chi connectivity index (χ1) is 6.65. The first-order valence-corrected chi connectivity index (χ1v) is 4.61. The maximum Gasteiger partial charge on any atom is 0.373 e. The van der Waals surface area contributed by atoms with Gasteiger partial charge in [-0.3, -0.25) is 4.79 Å². The Balaban J connectivity index is 0.000000500. The van der Waals surface area contributed by atoms with Crippen LogP contribution in [0, 0.1) is 0 Å². The number of carbonyl (C=O) groups excluding carboxylic acids is 3. The normalized spacial score (nSPS) is 16.6. The van der Waals surface area contributed by atoms with E-state index in [1.54, 1.807) is 0 Å². The van der Waals surface area contributed by atoms with Crippen LogP contribution in [-0.2, 0) is 14.4 Å². The molecule has 0 atom stereocenters. The van der Waals surface area contributed by atoms with Crippen molar-refractivity contribution in [1.82, 2.24) is 9.80 Å². The summed E-state index contributed by atoms with van der Waals surface area (Å²) < 4.78 is 0. The molecule has 0 radical (unpaired) electrons. The minimum absolute atomic E-state index is 0.250. The minimum Gasteiger partial charge on any atom is -0.340 e. The average molecular weight is 200 g/mol. The number of hydrogen-bond donors (Lipinski definition) is 0. The van der Waals surface area contributed by atoms with Crippen LogP contribution in [0.25, 0.3) is 0 Å². The molecule has 0 unspecified atom stereocenters. The summed E-state index contributed by atoms with van der Waals surface area (Å²) in [6, 6.07) is 0. The second kappa shape index (κ2) is 7.24. The Bertz CT molecular complexity index is 204. The molecule has 80 valence electrons. The predicted octanol–water partition coefficient (Wildman–Crippen LogP) is -0.413. The molecule has 1 aliphatic heterocycles. The zero-order chi connectivity index (χ0) is 11.0. The Kier molecular flexibility index (Phi) is 6.62. The van der Waals surface area contributed by atoms with Gasteiger partial charge in [-0.05, 0) is 7.05 Å². The number of carbonyl (C=O) groups is 1. The Morgan fingerprint density at radius 1 is 1.21 bits per heavy atom. The van der Waals surface area contributed by atoms with Crippen molar-refractivity contribution in [3.8, 4) is 0 Å². The van der Waals surface area contributed by atoms with Gasteiger partial charge in [0.05, 0.1) is 0 Å². The number of piperazine rings is 1. The van der Waals surface area contributed by atoms with Gasteiger partial charge >= 0.3 is 6.15 Å². The predicted molar refractivity (Wildman–Crippen MR) is 49.4 cm³/mol. The van der Waals surface area contributed by atoms with Crippen LogP contribution in [0.3, 0.4) is 0 Å². The summed E-state index contributed by atoms with van der Waals surface area (Å²) in [7, 11) is 2.09. The Labute approximate surface area is 83.7 Å². The zero-order valence-electron chi connectivity index (χ0n) is 8.65. The van der Waals surface area contributed by atoms with Crippen LogP contribution in [0.4, 0.5) is 0 Å². The first kappa shape index (κ1) is 12.8. The highest BCUT2D eigenvalue weighted by atomic mass is 16.2. The molecule has 14 heavy (non-hydrogen) atoms. The van der Waals surface area contributed by atoms with Crippen LogP contribution in [-0.4, -0.2) is 55.1 Å². The van der Waals surface area contributed by atoms with E-state index in [9.17, 15) is 4.79 Å². The van der Waals surface area contributed by atoms with Crippen molar-refractivity contribution >= 4 is 12.1 Å². The fraction of sp³-hybridized carbons (Fsp3) is 0.778. The van der Waals surface area contributed by atoms with E-state index < -0.39 is 0 Å². The maximum atomic E-state index is 11.2. The number of nitrogens with zero attached hydrogens (tertiary/aromatic N) is 2. The van der Waals surface area contributed by atoms with Crippen molar-refractivity contribution in [1.29, 1.82) is 0 Å². The number of hydrogen-bond acceptors (Lipinski definition) is 4. The average Bonchev–Trinajstić information content (AvgIpc) is 2.19. The molecule has 0 bridgehead atoms. The fourth-order valence-electron chi connectivity index (χ4n) is 1.28. The van der Waals surface area contributed by atoms with Crippen molar-refractivity contribution in [3.63, 3.8) is 0 Å². The minimum atomic E-state index is 0.250. The largest absolute Gasteiger partial charge is 0.373 e. The van der Waals surface area contributed by atoms with Crippen molar-refractivity contribution in [3.05, 3.63) is 0 Å². The highest BCUT2D eigenvalue weighted by Crippen LogP contribution is 2.00. The molecule has 1 saturated heterocycles. The standard InChI is InChI=1S/C8H16N2O.CO2/c1-3-8(11)10-6-4-9(2)5-7-10;2-1-3/h3-7H2,1-2H3;. The van der Waals surface area contributed by atoms with E-state index in [0.29, 0.717) is 6.42 Å². The molecule has 0 aromatic rings. The monoisotopic (exact) mass is 200 g/mol. The molecule has 5 nitrogen and oxygen atoms in total. The lowest BCUT2D eigenvalue weighted by atomic mass is 10.3. The molecule has 1 rings (SSSR count). The summed E-state index contributed by atoms with van der Waals surface area (Å²) >= 11 is 0. The van der Waals surface area contributed by atoms with Gasteiger partial charge in [-0.15, -0.1) is 0 Å². The van der Waals surface area contributed by atoms with Crippen LogP contribution >= 0.6 is 0 Å². The second-order valence-corrected chi connectivity index (χ2v) is 3.12. The lowest BCUT2D eigenvalue weighted by molar-refractivity contribution is -0.191. The van der Waals surface area contributed by atoms with E-state index in [1.165, 1.54) is 0 Å². The first-order valence-electron chi connectivity index (χ1n) is 4.61. The van der Waals surface area contributed by atoms with E-state index in [2.05, 4.69) is 11.9 Å². The van der Waals surface area contributed by atoms with Gasteiger partial charge in [0, 0.05) is 32.6 Å². The lowest BCUT2D eigenvalue weighted by Crippen LogP contribution is -2.46. The molecule has 0 aromatic heterocycles. The zero-order valence-corrected chi connectivity index (χ0v) is 8.65. The van der Waals surface area contributed by atoms with Gasteiger partial charge in [0.15, 0.2) is 0 Å². The van der Waals surface area contributed by atoms with Gasteiger partial charge in [0.1, 0.15) is 0 Å². The van der Waals surface area contributed by atoms with Gasteiger partial charge in [0.2, 0.25) is 5.91 Å². The molecule has 0 aliphatic carbocycles. The molecule has 0 saturated carbocycles. The summed E-state index contributed by atoms with van der Waals surface area (Å²) in [6.45, 7) is 5.77. The Morgan fingerprint density at radius 2 is 1.64 bits per heavy atom. The summed E-state index contributed by atoms with van der Waals surface area (Å²) in [5.41, 5.74) is 0. The summed E-state index contributed by atoms with van der Waals surface area (Å²) in [5, 5.41) is 0. The Morgan fingerprint density at radius 3 is 2.00 bits per heavy atom. The van der Waals surface area contributed by atoms with E-state index in [4.69, 9.17) is 9.59 Å². The number of likely N-dealkylation sites (N-methyl/N-ethyl adjacent to an activating group) is 1. The van der Waals surface area contributed by atoms with Crippen LogP contribution in [0.15, 0.2) is 0 Å². The van der Waals surface area contributed by atoms with Crippen molar-refractivity contribution in [2.24, 2.45) is 0 Å². The van der Waals surface area contributed by atoms with Crippen LogP contribution in [0.2, 0.25) is 0 Å². The summed E-state index contributed by atoms with van der Waals surface area (Å²) in [4.78, 5) is 31.6. The fourth-order valence-corrected chi connectivity index (χ4v) is 1.28. The van der Waals surface area contributed by atoms with Gasteiger partial charge in [-0.1, -0.05) is 6.92 Å². The molecule has 1 heterocycles. The molecule has 0 N–H and O–H groups in total. The molecule has 0 spiro atoms. The van der Waals surface area contributed by atoms with Crippen molar-refractivity contribution in [2.75, 3.05) is 33.2 Å². The molecular formula is C9H16N2O3. The quantitative estimate of drug-likeness (QED) is 0.577.